The Balaban J connectivity index is 1.55. The first-order valence-corrected chi connectivity index (χ1v) is 13.2. The number of amides is 1. The van der Waals surface area contributed by atoms with Crippen LogP contribution in [0.15, 0.2) is 30.3 Å². The highest BCUT2D eigenvalue weighted by molar-refractivity contribution is 7.17. The Bertz CT molecular complexity index is 1370. The second kappa shape index (κ2) is 11.1. The molecule has 3 aromatic rings. The molecule has 0 bridgehead atoms. The Morgan fingerprint density at radius 1 is 1.05 bits per heavy atom. The van der Waals surface area contributed by atoms with Gasteiger partial charge in [-0.05, 0) is 75.9 Å². The third kappa shape index (κ3) is 5.50. The van der Waals surface area contributed by atoms with Crippen LogP contribution in [0, 0.1) is 19.8 Å². The van der Waals surface area contributed by atoms with Crippen LogP contribution < -0.4 is 10.1 Å². The van der Waals surface area contributed by atoms with Gasteiger partial charge in [0.15, 0.2) is 6.10 Å². The van der Waals surface area contributed by atoms with Gasteiger partial charge in [0, 0.05) is 33.4 Å². The van der Waals surface area contributed by atoms with Gasteiger partial charge in [-0.15, -0.1) is 11.3 Å². The molecule has 10 heteroatoms. The van der Waals surface area contributed by atoms with Gasteiger partial charge in [-0.25, -0.2) is 4.79 Å². The van der Waals surface area contributed by atoms with E-state index in [0.29, 0.717) is 27.5 Å². The SMILES string of the molecule is Cc1cc(C(=O)C(C)OC(=O)c2c(NC(=O)C(C)C)sc3c2CCC3)c(C)n1-c1ccc(OC(F)F)cc1. The lowest BCUT2D eigenvalue weighted by atomic mass is 10.1. The zero-order valence-corrected chi connectivity index (χ0v) is 22.7. The number of carbonyl (C=O) groups is 3. The van der Waals surface area contributed by atoms with Gasteiger partial charge < -0.3 is 19.4 Å². The van der Waals surface area contributed by atoms with E-state index < -0.39 is 18.7 Å². The lowest BCUT2D eigenvalue weighted by Crippen LogP contribution is -2.26. The smallest absolute Gasteiger partial charge is 0.387 e. The fraction of sp³-hybridized carbons (Fsp3) is 0.393. The summed E-state index contributed by atoms with van der Waals surface area (Å²) in [6.45, 7) is 5.75. The molecule has 0 saturated carbocycles. The molecule has 1 aliphatic carbocycles. The van der Waals surface area contributed by atoms with Crippen molar-refractivity contribution in [3.8, 4) is 11.4 Å². The number of anilines is 1. The molecule has 1 N–H and O–H groups in total. The van der Waals surface area contributed by atoms with Crippen LogP contribution in [0.5, 0.6) is 5.75 Å². The highest BCUT2D eigenvalue weighted by atomic mass is 32.1. The Morgan fingerprint density at radius 2 is 1.74 bits per heavy atom. The molecule has 4 rings (SSSR count). The van der Waals surface area contributed by atoms with E-state index in [1.165, 1.54) is 30.4 Å². The number of hydrogen-bond acceptors (Lipinski definition) is 6. The number of halogens is 2. The van der Waals surface area contributed by atoms with E-state index in [1.807, 2.05) is 11.5 Å². The van der Waals surface area contributed by atoms with Crippen molar-refractivity contribution in [1.82, 2.24) is 4.57 Å². The summed E-state index contributed by atoms with van der Waals surface area (Å²) in [5.74, 6) is -1.40. The normalized spacial score (nSPS) is 13.5. The molecule has 0 saturated heterocycles. The van der Waals surface area contributed by atoms with Gasteiger partial charge in [0.05, 0.1) is 5.56 Å². The summed E-state index contributed by atoms with van der Waals surface area (Å²) >= 11 is 1.39. The predicted molar refractivity (Wildman–Crippen MR) is 141 cm³/mol. The number of alkyl halides is 2. The van der Waals surface area contributed by atoms with Crippen LogP contribution in [0.25, 0.3) is 5.69 Å². The van der Waals surface area contributed by atoms with E-state index in [2.05, 4.69) is 10.1 Å². The second-order valence-electron chi connectivity index (χ2n) is 9.61. The molecule has 1 unspecified atom stereocenters. The van der Waals surface area contributed by atoms with Gasteiger partial charge in [-0.3, -0.25) is 9.59 Å². The number of ether oxygens (including phenoxy) is 2. The number of benzene rings is 1. The van der Waals surface area contributed by atoms with Gasteiger partial charge >= 0.3 is 12.6 Å². The summed E-state index contributed by atoms with van der Waals surface area (Å²) in [4.78, 5) is 40.0. The maximum Gasteiger partial charge on any atom is 0.387 e. The first-order chi connectivity index (χ1) is 18.0. The lowest BCUT2D eigenvalue weighted by Gasteiger charge is -2.15. The second-order valence-corrected chi connectivity index (χ2v) is 10.7. The molecule has 0 spiro atoms. The summed E-state index contributed by atoms with van der Waals surface area (Å²) in [6.07, 6.45) is 1.42. The Hall–Kier alpha value is -3.53. The molecule has 38 heavy (non-hydrogen) atoms. The van der Waals surface area contributed by atoms with E-state index in [0.717, 1.165) is 35.4 Å². The van der Waals surface area contributed by atoms with Gasteiger partial charge in [0.2, 0.25) is 11.7 Å². The number of nitrogens with zero attached hydrogens (tertiary/aromatic N) is 1. The Kier molecular flexibility index (Phi) is 8.01. The van der Waals surface area contributed by atoms with Crippen molar-refractivity contribution in [2.75, 3.05) is 5.32 Å². The van der Waals surface area contributed by atoms with Crippen LogP contribution >= 0.6 is 11.3 Å². The maximum atomic E-state index is 13.4. The van der Waals surface area contributed by atoms with Crippen molar-refractivity contribution in [2.45, 2.75) is 66.6 Å². The number of aromatic nitrogens is 1. The first kappa shape index (κ1) is 27.5. The van der Waals surface area contributed by atoms with Crippen LogP contribution in [-0.4, -0.2) is 34.9 Å². The van der Waals surface area contributed by atoms with Crippen LogP contribution in [0.4, 0.5) is 13.8 Å². The van der Waals surface area contributed by atoms with Crippen molar-refractivity contribution in [2.24, 2.45) is 5.92 Å². The fourth-order valence-corrected chi connectivity index (χ4v) is 5.92. The average Bonchev–Trinajstić information content (AvgIpc) is 3.51. The van der Waals surface area contributed by atoms with Crippen molar-refractivity contribution in [3.05, 3.63) is 63.3 Å². The average molecular weight is 545 g/mol. The monoisotopic (exact) mass is 544 g/mol. The number of thiophene rings is 1. The summed E-state index contributed by atoms with van der Waals surface area (Å²) in [7, 11) is 0. The maximum absolute atomic E-state index is 13.4. The molecule has 202 valence electrons. The number of nitrogens with one attached hydrogen (secondary N) is 1. The molecule has 0 fully saturated rings. The zero-order chi connectivity index (χ0) is 27.7. The Labute approximate surface area is 223 Å². The minimum atomic E-state index is -2.91. The van der Waals surface area contributed by atoms with Crippen molar-refractivity contribution in [3.63, 3.8) is 0 Å². The highest BCUT2D eigenvalue weighted by Gasteiger charge is 2.31. The molecule has 1 atom stereocenters. The quantitative estimate of drug-likeness (QED) is 0.254. The molecule has 7 nitrogen and oxygen atoms in total. The number of hydrogen-bond donors (Lipinski definition) is 1. The van der Waals surface area contributed by atoms with E-state index in [9.17, 15) is 23.2 Å². The van der Waals surface area contributed by atoms with Crippen molar-refractivity contribution >= 4 is 34.0 Å². The standard InChI is InChI=1S/C28H30F2N2O5S/c1-14(2)25(34)31-26-23(20-7-6-8-22(20)38-26)27(35)36-17(5)24(33)21-13-15(3)32(16(21)4)18-9-11-19(12-10-18)37-28(29)30/h9-14,17,28H,6-8H2,1-5H3,(H,31,34). The Morgan fingerprint density at radius 3 is 2.37 bits per heavy atom. The minimum Gasteiger partial charge on any atom is -0.451 e. The largest absolute Gasteiger partial charge is 0.451 e. The third-order valence-corrected chi connectivity index (χ3v) is 7.76. The zero-order valence-electron chi connectivity index (χ0n) is 21.9. The molecule has 2 aromatic heterocycles. The molecular formula is C28H30F2N2O5S. The van der Waals surface area contributed by atoms with Crippen molar-refractivity contribution in [1.29, 1.82) is 0 Å². The molecule has 1 aliphatic rings. The molecule has 1 aromatic carbocycles. The molecule has 0 radical (unpaired) electrons. The first-order valence-electron chi connectivity index (χ1n) is 12.4. The third-order valence-electron chi connectivity index (χ3n) is 6.56. The highest BCUT2D eigenvalue weighted by Crippen LogP contribution is 2.40. The fourth-order valence-electron chi connectivity index (χ4n) is 4.64. The molecule has 1 amide bonds. The van der Waals surface area contributed by atoms with Crippen LogP contribution in [0.2, 0.25) is 0 Å². The van der Waals surface area contributed by atoms with E-state index in [4.69, 9.17) is 4.74 Å². The number of carbonyl (C=O) groups excluding carboxylic acids is 3. The van der Waals surface area contributed by atoms with E-state index >= 15 is 0 Å². The van der Waals surface area contributed by atoms with Crippen molar-refractivity contribution < 1.29 is 32.6 Å². The molecule has 0 aliphatic heterocycles. The van der Waals surface area contributed by atoms with Crippen LogP contribution in [0.3, 0.4) is 0 Å². The van der Waals surface area contributed by atoms with Gasteiger partial charge in [0.1, 0.15) is 10.8 Å². The summed E-state index contributed by atoms with van der Waals surface area (Å²) in [5.41, 5.74) is 3.66. The van der Waals surface area contributed by atoms with E-state index in [-0.39, 0.29) is 23.4 Å². The molecule has 2 heterocycles. The lowest BCUT2D eigenvalue weighted by molar-refractivity contribution is -0.118. The summed E-state index contributed by atoms with van der Waals surface area (Å²) in [5, 5.41) is 3.31. The number of fused-ring (bicyclic) bond motifs is 1. The number of aryl methyl sites for hydroxylation is 2. The number of Topliss-reactive ketones (excluding diaryl/α,β-unsaturated/α-hetero) is 1. The number of ketones is 1. The van der Waals surface area contributed by atoms with Gasteiger partial charge in [0.25, 0.3) is 0 Å². The minimum absolute atomic E-state index is 0.0342. The van der Waals surface area contributed by atoms with Crippen LogP contribution in [0.1, 0.15) is 69.7 Å². The van der Waals surface area contributed by atoms with Crippen LogP contribution in [-0.2, 0) is 22.4 Å². The number of rotatable bonds is 9. The topological polar surface area (TPSA) is 86.6 Å². The van der Waals surface area contributed by atoms with Gasteiger partial charge in [-0.1, -0.05) is 13.8 Å². The molecular weight excluding hydrogens is 514 g/mol. The van der Waals surface area contributed by atoms with E-state index in [1.54, 1.807) is 39.0 Å². The van der Waals surface area contributed by atoms with Gasteiger partial charge in [-0.2, -0.15) is 8.78 Å². The summed E-state index contributed by atoms with van der Waals surface area (Å²) in [6, 6.07) is 7.82. The summed E-state index contributed by atoms with van der Waals surface area (Å²) < 4.78 is 36.8. The number of esters is 1. The predicted octanol–water partition coefficient (Wildman–Crippen LogP) is 6.27.